The monoisotopic (exact) mass is 499 g/mol. The van der Waals surface area contributed by atoms with Gasteiger partial charge < -0.3 is 20.4 Å². The van der Waals surface area contributed by atoms with Crippen LogP contribution in [0.3, 0.4) is 0 Å². The second-order valence-corrected chi connectivity index (χ2v) is 15.5. The van der Waals surface area contributed by atoms with E-state index in [4.69, 9.17) is 0 Å². The lowest BCUT2D eigenvalue weighted by atomic mass is 9.33. The Morgan fingerprint density at radius 3 is 2.17 bits per heavy atom. The van der Waals surface area contributed by atoms with Gasteiger partial charge in [-0.25, -0.2) is 0 Å². The highest BCUT2D eigenvalue weighted by Gasteiger charge is 2.72. The topological polar surface area (TPSA) is 105 Å². The number of allylic oxidation sites excluding steroid dienone is 2. The van der Waals surface area contributed by atoms with Crippen LogP contribution in [0.2, 0.25) is 0 Å². The van der Waals surface area contributed by atoms with Crippen LogP contribution in [-0.4, -0.2) is 44.8 Å². The Morgan fingerprint density at radius 2 is 1.53 bits per heavy atom. The molecule has 5 nitrogen and oxygen atoms in total. The van der Waals surface area contributed by atoms with Gasteiger partial charge in [0.15, 0.2) is 0 Å². The lowest BCUT2D eigenvalue weighted by Gasteiger charge is -2.72. The standard InChI is InChI=1S/C31H49NO4/c1-26(2)16-19-18-8-9-21-28(5)12-11-22(33)27(3,4)20(28)10-13-29(21,6)30(18,7)17-23(34)31(19,14-15-32)25(36)24(26)35/h8,19-25,33-36H,9-14,16-17H2,1-7H3/t19-,20?,21?,22-,23-,24?,25?,28-,29+,30+,31-/m0/s1. The van der Waals surface area contributed by atoms with Gasteiger partial charge in [-0.2, -0.15) is 5.26 Å². The highest BCUT2D eigenvalue weighted by molar-refractivity contribution is 5.36. The zero-order valence-corrected chi connectivity index (χ0v) is 23.5. The predicted molar refractivity (Wildman–Crippen MR) is 139 cm³/mol. The molecule has 202 valence electrons. The number of nitriles is 1. The number of aliphatic hydroxyl groups is 4. The van der Waals surface area contributed by atoms with Gasteiger partial charge in [0, 0.05) is 11.8 Å². The zero-order valence-electron chi connectivity index (χ0n) is 23.5. The van der Waals surface area contributed by atoms with Crippen LogP contribution in [-0.2, 0) is 0 Å². The summed E-state index contributed by atoms with van der Waals surface area (Å²) in [7, 11) is 0. The third kappa shape index (κ3) is 2.97. The quantitative estimate of drug-likeness (QED) is 0.381. The average molecular weight is 500 g/mol. The third-order valence-corrected chi connectivity index (χ3v) is 13.5. The van der Waals surface area contributed by atoms with Crippen molar-refractivity contribution >= 4 is 0 Å². The van der Waals surface area contributed by atoms with Gasteiger partial charge in [0.2, 0.25) is 0 Å². The molecule has 0 saturated heterocycles. The van der Waals surface area contributed by atoms with Gasteiger partial charge in [-0.3, -0.25) is 0 Å². The molecule has 0 spiro atoms. The molecule has 0 aliphatic heterocycles. The van der Waals surface area contributed by atoms with E-state index in [9.17, 15) is 25.7 Å². The first-order chi connectivity index (χ1) is 16.5. The van der Waals surface area contributed by atoms with Crippen LogP contribution in [0, 0.1) is 61.6 Å². The molecule has 4 N–H and O–H groups in total. The van der Waals surface area contributed by atoms with Crippen molar-refractivity contribution in [2.24, 2.45) is 50.2 Å². The second-order valence-electron chi connectivity index (χ2n) is 15.5. The summed E-state index contributed by atoms with van der Waals surface area (Å²) >= 11 is 0. The lowest BCUT2D eigenvalue weighted by Crippen LogP contribution is -2.70. The minimum absolute atomic E-state index is 0.0222. The van der Waals surface area contributed by atoms with Gasteiger partial charge in [-0.1, -0.05) is 60.1 Å². The van der Waals surface area contributed by atoms with Crippen LogP contribution in [0.1, 0.15) is 99.8 Å². The van der Waals surface area contributed by atoms with E-state index in [1.807, 2.05) is 13.8 Å². The fourth-order valence-electron chi connectivity index (χ4n) is 11.1. The molecule has 5 heteroatoms. The molecule has 11 atom stereocenters. The Kier molecular flexibility index (Phi) is 5.79. The first-order valence-electron chi connectivity index (χ1n) is 14.3. The number of hydrogen-bond donors (Lipinski definition) is 4. The molecule has 0 amide bonds. The van der Waals surface area contributed by atoms with Gasteiger partial charge in [0.25, 0.3) is 0 Å². The summed E-state index contributed by atoms with van der Waals surface area (Å²) in [5, 5.41) is 55.2. The van der Waals surface area contributed by atoms with Crippen LogP contribution in [0.4, 0.5) is 0 Å². The predicted octanol–water partition coefficient (Wildman–Crippen LogP) is 4.98. The van der Waals surface area contributed by atoms with E-state index in [-0.39, 0.29) is 40.1 Å². The summed E-state index contributed by atoms with van der Waals surface area (Å²) in [4.78, 5) is 0. The highest BCUT2D eigenvalue weighted by atomic mass is 16.3. The molecule has 0 bridgehead atoms. The largest absolute Gasteiger partial charge is 0.393 e. The first-order valence-corrected chi connectivity index (χ1v) is 14.3. The Bertz CT molecular complexity index is 997. The summed E-state index contributed by atoms with van der Waals surface area (Å²) in [5.41, 5.74) is -0.479. The second kappa shape index (κ2) is 7.81. The summed E-state index contributed by atoms with van der Waals surface area (Å²) in [6, 6.07) is 2.28. The lowest BCUT2D eigenvalue weighted by molar-refractivity contribution is -0.247. The maximum absolute atomic E-state index is 11.9. The van der Waals surface area contributed by atoms with E-state index in [1.54, 1.807) is 0 Å². The van der Waals surface area contributed by atoms with Crippen molar-refractivity contribution in [2.45, 2.75) is 124 Å². The van der Waals surface area contributed by atoms with Gasteiger partial charge >= 0.3 is 0 Å². The van der Waals surface area contributed by atoms with Crippen molar-refractivity contribution in [1.29, 1.82) is 5.26 Å². The smallest absolute Gasteiger partial charge is 0.0900 e. The molecule has 0 aromatic rings. The van der Waals surface area contributed by atoms with Crippen LogP contribution in [0.5, 0.6) is 0 Å². The molecule has 5 rings (SSSR count). The van der Waals surface area contributed by atoms with E-state index in [0.29, 0.717) is 24.7 Å². The van der Waals surface area contributed by atoms with Crippen molar-refractivity contribution in [3.63, 3.8) is 0 Å². The van der Waals surface area contributed by atoms with E-state index >= 15 is 0 Å². The van der Waals surface area contributed by atoms with E-state index < -0.39 is 29.1 Å². The van der Waals surface area contributed by atoms with Crippen molar-refractivity contribution in [3.8, 4) is 6.07 Å². The summed E-state index contributed by atoms with van der Waals surface area (Å²) in [5.74, 6) is 0.779. The molecule has 5 aliphatic carbocycles. The summed E-state index contributed by atoms with van der Waals surface area (Å²) in [6.45, 7) is 15.8. The van der Waals surface area contributed by atoms with Gasteiger partial charge in [0.05, 0.1) is 30.5 Å². The van der Waals surface area contributed by atoms with Crippen molar-refractivity contribution in [1.82, 2.24) is 0 Å². The van der Waals surface area contributed by atoms with E-state index in [1.165, 1.54) is 5.57 Å². The molecule has 0 radical (unpaired) electrons. The molecule has 0 aromatic carbocycles. The van der Waals surface area contributed by atoms with E-state index in [0.717, 1.165) is 32.1 Å². The number of rotatable bonds is 1. The maximum Gasteiger partial charge on any atom is 0.0900 e. The first kappa shape index (κ1) is 26.7. The SMILES string of the molecule is CC1(C)C[C@H]2C3=CCC4[C@@]5(C)CC[C@H](O)C(C)(C)C5CC[C@@]4(C)[C@]3(C)C[C@H](O)[C@@]2(CC#N)C(O)C1O. The van der Waals surface area contributed by atoms with Crippen LogP contribution in [0.25, 0.3) is 0 Å². The van der Waals surface area contributed by atoms with Crippen LogP contribution < -0.4 is 0 Å². The molecular formula is C31H49NO4. The van der Waals surface area contributed by atoms with Crippen LogP contribution in [0.15, 0.2) is 11.6 Å². The third-order valence-electron chi connectivity index (χ3n) is 13.5. The van der Waals surface area contributed by atoms with Crippen molar-refractivity contribution in [3.05, 3.63) is 11.6 Å². The fourth-order valence-corrected chi connectivity index (χ4v) is 11.1. The Labute approximate surface area is 218 Å². The average Bonchev–Trinajstić information content (AvgIpc) is 2.78. The minimum atomic E-state index is -1.13. The Morgan fingerprint density at radius 1 is 0.861 bits per heavy atom. The molecule has 5 aliphatic rings. The molecule has 4 fully saturated rings. The fraction of sp³-hybridized carbons (Fsp3) is 0.903. The Hall–Kier alpha value is -0.930. The van der Waals surface area contributed by atoms with Gasteiger partial charge in [0.1, 0.15) is 0 Å². The molecule has 36 heavy (non-hydrogen) atoms. The van der Waals surface area contributed by atoms with Gasteiger partial charge in [-0.05, 0) is 89.8 Å². The zero-order chi connectivity index (χ0) is 26.7. The van der Waals surface area contributed by atoms with Crippen molar-refractivity contribution in [2.75, 3.05) is 0 Å². The Balaban J connectivity index is 1.64. The molecule has 4 unspecified atom stereocenters. The van der Waals surface area contributed by atoms with Crippen LogP contribution >= 0.6 is 0 Å². The highest BCUT2D eigenvalue weighted by Crippen LogP contribution is 2.76. The van der Waals surface area contributed by atoms with Gasteiger partial charge in [-0.15, -0.1) is 0 Å². The molecule has 0 aromatic heterocycles. The summed E-state index contributed by atoms with van der Waals surface area (Å²) < 4.78 is 0. The van der Waals surface area contributed by atoms with Crippen molar-refractivity contribution < 1.29 is 20.4 Å². The molecule has 4 saturated carbocycles. The summed E-state index contributed by atoms with van der Waals surface area (Å²) in [6.07, 6.45) is 5.41. The minimum Gasteiger partial charge on any atom is -0.393 e. The molecular weight excluding hydrogens is 450 g/mol. The number of nitrogens with zero attached hydrogens (tertiary/aromatic N) is 1. The number of fused-ring (bicyclic) bond motifs is 7. The van der Waals surface area contributed by atoms with E-state index in [2.05, 4.69) is 46.8 Å². The maximum atomic E-state index is 11.9. The molecule has 0 heterocycles. The number of hydrogen-bond acceptors (Lipinski definition) is 5. The normalized spacial score (nSPS) is 55.2. The number of aliphatic hydroxyl groups excluding tert-OH is 4.